The molecule has 0 saturated carbocycles. The fourth-order valence-corrected chi connectivity index (χ4v) is 2.89. The average Bonchev–Trinajstić information content (AvgIpc) is 3.11. The number of amidine groups is 1. The summed E-state index contributed by atoms with van der Waals surface area (Å²) in [7, 11) is 1.35. The molecule has 0 saturated heterocycles. The van der Waals surface area contributed by atoms with E-state index in [-0.39, 0.29) is 5.97 Å². The number of carbonyl (C=O) groups is 1. The van der Waals surface area contributed by atoms with Gasteiger partial charge in [0.15, 0.2) is 5.84 Å². The topological polar surface area (TPSA) is 88.3 Å². The maximum absolute atomic E-state index is 11.4. The van der Waals surface area contributed by atoms with Gasteiger partial charge in [-0.15, -0.1) is 10.2 Å². The summed E-state index contributed by atoms with van der Waals surface area (Å²) in [6, 6.07) is 14.7. The van der Waals surface area contributed by atoms with Gasteiger partial charge in [0.25, 0.3) is 0 Å². The van der Waals surface area contributed by atoms with Crippen molar-refractivity contribution in [3.05, 3.63) is 54.1 Å². The third-order valence-corrected chi connectivity index (χ3v) is 4.39. The van der Waals surface area contributed by atoms with Crippen molar-refractivity contribution >= 4 is 44.2 Å². The predicted octanol–water partition coefficient (Wildman–Crippen LogP) is 5.00. The zero-order valence-electron chi connectivity index (χ0n) is 14.3. The van der Waals surface area contributed by atoms with E-state index in [1.165, 1.54) is 18.4 Å². The summed E-state index contributed by atoms with van der Waals surface area (Å²) in [5, 5.41) is 13.2. The smallest absolute Gasteiger partial charge is 0.337 e. The minimum absolute atomic E-state index is 0.376. The molecule has 3 aromatic rings. The summed E-state index contributed by atoms with van der Waals surface area (Å²) in [6.45, 7) is 1.94. The van der Waals surface area contributed by atoms with E-state index in [0.29, 0.717) is 23.0 Å². The molecular formula is C18H17N5O2S. The lowest BCUT2D eigenvalue weighted by Gasteiger charge is -2.03. The van der Waals surface area contributed by atoms with Crippen molar-refractivity contribution in [1.82, 2.24) is 4.98 Å². The molecule has 0 spiro atoms. The predicted molar refractivity (Wildman–Crippen MR) is 103 cm³/mol. The molecule has 0 aliphatic carbocycles. The highest BCUT2D eigenvalue weighted by molar-refractivity contribution is 7.21. The zero-order chi connectivity index (χ0) is 18.4. The van der Waals surface area contributed by atoms with Gasteiger partial charge in [0, 0.05) is 6.42 Å². The monoisotopic (exact) mass is 367 g/mol. The second-order valence-corrected chi connectivity index (χ2v) is 6.24. The SMILES string of the molecule is CCC(N=Nc1nc2ccccc2s1)=NNc1ccc(C(=O)OC)cc1. The van der Waals surface area contributed by atoms with Gasteiger partial charge in [0.05, 0.1) is 28.6 Å². The van der Waals surface area contributed by atoms with E-state index in [9.17, 15) is 4.79 Å². The Balaban J connectivity index is 1.68. The number of hydrogen-bond donors (Lipinski definition) is 1. The number of anilines is 1. The first-order valence-electron chi connectivity index (χ1n) is 7.98. The molecule has 1 heterocycles. The van der Waals surface area contributed by atoms with Gasteiger partial charge >= 0.3 is 5.97 Å². The third-order valence-electron chi connectivity index (χ3n) is 3.47. The van der Waals surface area contributed by atoms with Crippen molar-refractivity contribution in [3.63, 3.8) is 0 Å². The highest BCUT2D eigenvalue weighted by Gasteiger charge is 2.04. The molecule has 8 heteroatoms. The molecule has 0 unspecified atom stereocenters. The Bertz CT molecular complexity index is 930. The fraction of sp³-hybridized carbons (Fsp3) is 0.167. The number of nitrogens with zero attached hydrogens (tertiary/aromatic N) is 4. The second-order valence-electron chi connectivity index (χ2n) is 5.23. The average molecular weight is 367 g/mol. The van der Waals surface area contributed by atoms with Crippen LogP contribution < -0.4 is 5.43 Å². The van der Waals surface area contributed by atoms with Gasteiger partial charge in [0.2, 0.25) is 5.13 Å². The third kappa shape index (κ3) is 4.28. The quantitative estimate of drug-likeness (QED) is 0.226. The van der Waals surface area contributed by atoms with Gasteiger partial charge in [-0.3, -0.25) is 5.43 Å². The molecule has 0 amide bonds. The number of aromatic nitrogens is 1. The standard InChI is InChI=1S/C18H17N5O2S/c1-3-16(21-20-13-10-8-12(9-11-13)17(24)25-2)22-23-18-19-14-6-4-5-7-15(14)26-18/h4-11,20H,3H2,1-2H3. The molecule has 26 heavy (non-hydrogen) atoms. The van der Waals surface area contributed by atoms with Crippen LogP contribution in [0, 0.1) is 0 Å². The number of benzene rings is 2. The van der Waals surface area contributed by atoms with Crippen molar-refractivity contribution in [1.29, 1.82) is 0 Å². The van der Waals surface area contributed by atoms with Crippen LogP contribution in [-0.2, 0) is 4.74 Å². The van der Waals surface area contributed by atoms with Crippen molar-refractivity contribution in [2.75, 3.05) is 12.5 Å². The maximum Gasteiger partial charge on any atom is 0.337 e. The fourth-order valence-electron chi connectivity index (χ4n) is 2.10. The summed E-state index contributed by atoms with van der Waals surface area (Å²) >= 11 is 1.48. The van der Waals surface area contributed by atoms with E-state index in [1.54, 1.807) is 24.3 Å². The zero-order valence-corrected chi connectivity index (χ0v) is 15.2. The summed E-state index contributed by atoms with van der Waals surface area (Å²) in [4.78, 5) is 15.8. The lowest BCUT2D eigenvalue weighted by molar-refractivity contribution is 0.0601. The number of fused-ring (bicyclic) bond motifs is 1. The van der Waals surface area contributed by atoms with Gasteiger partial charge in [-0.2, -0.15) is 5.10 Å². The molecule has 7 nitrogen and oxygen atoms in total. The van der Waals surface area contributed by atoms with Crippen molar-refractivity contribution < 1.29 is 9.53 Å². The molecule has 0 radical (unpaired) electrons. The van der Waals surface area contributed by atoms with Gasteiger partial charge in [-0.25, -0.2) is 9.78 Å². The van der Waals surface area contributed by atoms with Crippen molar-refractivity contribution in [3.8, 4) is 0 Å². The number of azo groups is 1. The maximum atomic E-state index is 11.4. The highest BCUT2D eigenvalue weighted by Crippen LogP contribution is 2.27. The first-order chi connectivity index (χ1) is 12.7. The summed E-state index contributed by atoms with van der Waals surface area (Å²) < 4.78 is 5.74. The molecule has 132 valence electrons. The van der Waals surface area contributed by atoms with E-state index in [1.807, 2.05) is 31.2 Å². The summed E-state index contributed by atoms with van der Waals surface area (Å²) in [5.74, 6) is 0.167. The van der Waals surface area contributed by atoms with Crippen LogP contribution in [-0.4, -0.2) is 23.9 Å². The molecule has 0 atom stereocenters. The Morgan fingerprint density at radius 2 is 1.96 bits per heavy atom. The van der Waals surface area contributed by atoms with E-state index < -0.39 is 0 Å². The Morgan fingerprint density at radius 3 is 2.65 bits per heavy atom. The number of nitrogens with one attached hydrogen (secondary N) is 1. The van der Waals surface area contributed by atoms with Crippen LogP contribution in [0.1, 0.15) is 23.7 Å². The Morgan fingerprint density at radius 1 is 1.19 bits per heavy atom. The molecule has 1 aromatic heterocycles. The molecule has 0 bridgehead atoms. The van der Waals surface area contributed by atoms with Gasteiger partial charge in [-0.05, 0) is 36.4 Å². The van der Waals surface area contributed by atoms with Crippen LogP contribution in [0.4, 0.5) is 10.8 Å². The number of para-hydroxylation sites is 1. The van der Waals surface area contributed by atoms with Gasteiger partial charge in [-0.1, -0.05) is 30.4 Å². The first-order valence-corrected chi connectivity index (χ1v) is 8.79. The molecule has 0 aliphatic rings. The van der Waals surface area contributed by atoms with Crippen LogP contribution in [0.25, 0.3) is 10.2 Å². The van der Waals surface area contributed by atoms with Crippen LogP contribution in [0.5, 0.6) is 0 Å². The highest BCUT2D eigenvalue weighted by atomic mass is 32.1. The molecule has 3 rings (SSSR count). The molecular weight excluding hydrogens is 350 g/mol. The number of thiazole rings is 1. The Labute approximate surface area is 154 Å². The summed E-state index contributed by atoms with van der Waals surface area (Å²) in [6.07, 6.45) is 0.613. The van der Waals surface area contributed by atoms with Crippen LogP contribution in [0.2, 0.25) is 0 Å². The second kappa shape index (κ2) is 8.30. The lowest BCUT2D eigenvalue weighted by atomic mass is 10.2. The van der Waals surface area contributed by atoms with Gasteiger partial charge < -0.3 is 4.74 Å². The van der Waals surface area contributed by atoms with Crippen molar-refractivity contribution in [2.24, 2.45) is 15.3 Å². The van der Waals surface area contributed by atoms with Crippen molar-refractivity contribution in [2.45, 2.75) is 13.3 Å². The number of carbonyl (C=O) groups excluding carboxylic acids is 1. The number of methoxy groups -OCH3 is 1. The first kappa shape index (κ1) is 17.7. The molecule has 0 fully saturated rings. The summed E-state index contributed by atoms with van der Waals surface area (Å²) in [5.41, 5.74) is 5.03. The Hall–Kier alpha value is -3.13. The van der Waals surface area contributed by atoms with Crippen LogP contribution in [0.15, 0.2) is 63.9 Å². The number of hydrazone groups is 1. The molecule has 2 aromatic carbocycles. The van der Waals surface area contributed by atoms with E-state index >= 15 is 0 Å². The van der Waals surface area contributed by atoms with Crippen LogP contribution in [0.3, 0.4) is 0 Å². The van der Waals surface area contributed by atoms with E-state index in [4.69, 9.17) is 0 Å². The number of esters is 1. The molecule has 0 aliphatic heterocycles. The Kier molecular flexibility index (Phi) is 5.65. The normalized spacial score (nSPS) is 11.8. The van der Waals surface area contributed by atoms with Gasteiger partial charge in [0.1, 0.15) is 0 Å². The minimum Gasteiger partial charge on any atom is -0.465 e. The van der Waals surface area contributed by atoms with E-state index in [2.05, 4.69) is 30.5 Å². The number of hydrogen-bond acceptors (Lipinski definition) is 7. The minimum atomic E-state index is -0.376. The number of rotatable bonds is 5. The molecule has 1 N–H and O–H groups in total. The lowest BCUT2D eigenvalue weighted by Crippen LogP contribution is -2.01. The van der Waals surface area contributed by atoms with Crippen LogP contribution >= 0.6 is 11.3 Å². The number of ether oxygens (including phenoxy) is 1. The van der Waals surface area contributed by atoms with E-state index in [0.717, 1.165) is 15.9 Å². The largest absolute Gasteiger partial charge is 0.465 e.